The maximum atomic E-state index is 5.36. The zero-order valence-corrected chi connectivity index (χ0v) is 13.0. The van der Waals surface area contributed by atoms with Crippen molar-refractivity contribution in [1.82, 2.24) is 14.9 Å². The van der Waals surface area contributed by atoms with Gasteiger partial charge in [0.05, 0.1) is 18.9 Å². The van der Waals surface area contributed by atoms with Crippen LogP contribution < -0.4 is 5.32 Å². The first kappa shape index (κ1) is 14.9. The van der Waals surface area contributed by atoms with Gasteiger partial charge in [0.1, 0.15) is 12.1 Å². The highest BCUT2D eigenvalue weighted by molar-refractivity contribution is 5.65. The molecule has 22 heavy (non-hydrogen) atoms. The molecule has 0 spiro atoms. The van der Waals surface area contributed by atoms with Gasteiger partial charge in [-0.3, -0.25) is 4.90 Å². The van der Waals surface area contributed by atoms with Crippen molar-refractivity contribution in [3.8, 4) is 11.3 Å². The first-order valence-electron chi connectivity index (χ1n) is 7.75. The summed E-state index contributed by atoms with van der Waals surface area (Å²) < 4.78 is 5.36. The maximum absolute atomic E-state index is 5.36. The van der Waals surface area contributed by atoms with Crippen LogP contribution in [0.5, 0.6) is 0 Å². The quantitative estimate of drug-likeness (QED) is 0.917. The lowest BCUT2D eigenvalue weighted by Crippen LogP contribution is -2.39. The van der Waals surface area contributed by atoms with Crippen molar-refractivity contribution < 1.29 is 4.74 Å². The predicted molar refractivity (Wildman–Crippen MR) is 88.0 cm³/mol. The van der Waals surface area contributed by atoms with Crippen molar-refractivity contribution in [2.24, 2.45) is 0 Å². The molecule has 1 saturated heterocycles. The lowest BCUT2D eigenvalue weighted by molar-refractivity contribution is 0.0398. The maximum Gasteiger partial charge on any atom is 0.129 e. The van der Waals surface area contributed by atoms with Crippen molar-refractivity contribution in [2.75, 3.05) is 44.7 Å². The Bertz CT molecular complexity index is 611. The molecule has 0 aliphatic carbocycles. The van der Waals surface area contributed by atoms with Crippen LogP contribution in [-0.2, 0) is 4.74 Å². The van der Waals surface area contributed by atoms with Crippen LogP contribution >= 0.6 is 0 Å². The fourth-order valence-corrected chi connectivity index (χ4v) is 2.63. The molecular formula is C17H22N4O. The lowest BCUT2D eigenvalue weighted by atomic mass is 10.1. The third-order valence-corrected chi connectivity index (χ3v) is 3.93. The molecule has 1 aliphatic heterocycles. The van der Waals surface area contributed by atoms with Gasteiger partial charge >= 0.3 is 0 Å². The molecule has 3 rings (SSSR count). The van der Waals surface area contributed by atoms with E-state index in [1.165, 1.54) is 5.56 Å². The molecule has 1 aromatic carbocycles. The van der Waals surface area contributed by atoms with Gasteiger partial charge in [-0.2, -0.15) is 0 Å². The van der Waals surface area contributed by atoms with Crippen molar-refractivity contribution in [1.29, 1.82) is 0 Å². The van der Waals surface area contributed by atoms with Crippen LogP contribution in [0.2, 0.25) is 0 Å². The summed E-state index contributed by atoms with van der Waals surface area (Å²) in [5.74, 6) is 0.876. The predicted octanol–water partition coefficient (Wildman–Crippen LogP) is 2.20. The van der Waals surface area contributed by atoms with Crippen LogP contribution in [0.3, 0.4) is 0 Å². The number of anilines is 1. The van der Waals surface area contributed by atoms with Crippen molar-refractivity contribution in [3.05, 3.63) is 42.2 Å². The molecule has 5 heteroatoms. The minimum atomic E-state index is 0.838. The monoisotopic (exact) mass is 298 g/mol. The molecule has 0 radical (unpaired) electrons. The summed E-state index contributed by atoms with van der Waals surface area (Å²) in [5, 5.41) is 3.39. The molecule has 1 aliphatic rings. The van der Waals surface area contributed by atoms with E-state index in [0.717, 1.165) is 56.5 Å². The van der Waals surface area contributed by atoms with Gasteiger partial charge in [0.15, 0.2) is 0 Å². The third-order valence-electron chi connectivity index (χ3n) is 3.93. The van der Waals surface area contributed by atoms with Gasteiger partial charge in [0.2, 0.25) is 0 Å². The fraction of sp³-hybridized carbons (Fsp3) is 0.412. The zero-order chi connectivity index (χ0) is 15.2. The van der Waals surface area contributed by atoms with E-state index >= 15 is 0 Å². The Kier molecular flexibility index (Phi) is 4.98. The topological polar surface area (TPSA) is 50.3 Å². The van der Waals surface area contributed by atoms with Gasteiger partial charge in [-0.1, -0.05) is 24.3 Å². The van der Waals surface area contributed by atoms with Gasteiger partial charge in [0.25, 0.3) is 0 Å². The molecule has 0 saturated carbocycles. The Balaban J connectivity index is 1.60. The molecule has 0 atom stereocenters. The van der Waals surface area contributed by atoms with Crippen LogP contribution in [0.4, 0.5) is 5.82 Å². The lowest BCUT2D eigenvalue weighted by Gasteiger charge is -2.26. The van der Waals surface area contributed by atoms with Crippen LogP contribution in [-0.4, -0.2) is 54.3 Å². The smallest absolute Gasteiger partial charge is 0.129 e. The van der Waals surface area contributed by atoms with Crippen LogP contribution in [0.1, 0.15) is 5.56 Å². The largest absolute Gasteiger partial charge is 0.379 e. The minimum Gasteiger partial charge on any atom is -0.379 e. The van der Waals surface area contributed by atoms with E-state index < -0.39 is 0 Å². The molecule has 2 aromatic rings. The zero-order valence-electron chi connectivity index (χ0n) is 13.0. The first-order chi connectivity index (χ1) is 10.8. The first-order valence-corrected chi connectivity index (χ1v) is 7.75. The van der Waals surface area contributed by atoms with E-state index in [-0.39, 0.29) is 0 Å². The standard InChI is InChI=1S/C17H22N4O/c1-14-4-2-3-5-15(14)16-12-17(20-13-19-16)18-6-7-21-8-10-22-11-9-21/h2-5,12-13H,6-11H2,1H3,(H,18,19,20). The van der Waals surface area contributed by atoms with Gasteiger partial charge < -0.3 is 10.1 Å². The number of hydrogen-bond acceptors (Lipinski definition) is 5. The average Bonchev–Trinajstić information content (AvgIpc) is 2.57. The van der Waals surface area contributed by atoms with Crippen molar-refractivity contribution in [2.45, 2.75) is 6.92 Å². The molecule has 2 heterocycles. The molecule has 1 N–H and O–H groups in total. The second kappa shape index (κ2) is 7.33. The molecule has 0 bridgehead atoms. The summed E-state index contributed by atoms with van der Waals surface area (Å²) in [4.78, 5) is 11.1. The van der Waals surface area contributed by atoms with E-state index in [1.54, 1.807) is 6.33 Å². The normalized spacial score (nSPS) is 15.7. The van der Waals surface area contributed by atoms with Crippen LogP contribution in [0.15, 0.2) is 36.7 Å². The second-order valence-electron chi connectivity index (χ2n) is 5.48. The van der Waals surface area contributed by atoms with E-state index in [0.29, 0.717) is 0 Å². The summed E-state index contributed by atoms with van der Waals surface area (Å²) in [6, 6.07) is 10.3. The summed E-state index contributed by atoms with van der Waals surface area (Å²) in [6.07, 6.45) is 1.62. The summed E-state index contributed by atoms with van der Waals surface area (Å²) in [6.45, 7) is 7.69. The highest BCUT2D eigenvalue weighted by Gasteiger charge is 2.09. The number of rotatable bonds is 5. The Morgan fingerprint density at radius 2 is 2.00 bits per heavy atom. The number of ether oxygens (including phenoxy) is 1. The number of hydrogen-bond donors (Lipinski definition) is 1. The Labute approximate surface area is 131 Å². The van der Waals surface area contributed by atoms with E-state index in [1.807, 2.05) is 18.2 Å². The Hall–Kier alpha value is -1.98. The highest BCUT2D eigenvalue weighted by atomic mass is 16.5. The van der Waals surface area contributed by atoms with Gasteiger partial charge in [-0.15, -0.1) is 0 Å². The molecular weight excluding hydrogens is 276 g/mol. The van der Waals surface area contributed by atoms with Gasteiger partial charge in [-0.05, 0) is 12.5 Å². The summed E-state index contributed by atoms with van der Waals surface area (Å²) in [7, 11) is 0. The molecule has 5 nitrogen and oxygen atoms in total. The van der Waals surface area contributed by atoms with Crippen molar-refractivity contribution >= 4 is 5.82 Å². The number of aromatic nitrogens is 2. The number of aryl methyl sites for hydroxylation is 1. The SMILES string of the molecule is Cc1ccccc1-c1cc(NCCN2CCOCC2)ncn1. The molecule has 116 valence electrons. The summed E-state index contributed by atoms with van der Waals surface area (Å²) in [5.41, 5.74) is 3.34. The van der Waals surface area contributed by atoms with E-state index in [2.05, 4.69) is 39.2 Å². The van der Waals surface area contributed by atoms with Crippen LogP contribution in [0.25, 0.3) is 11.3 Å². The fourth-order valence-electron chi connectivity index (χ4n) is 2.63. The number of morpholine rings is 1. The summed E-state index contributed by atoms with van der Waals surface area (Å²) >= 11 is 0. The Morgan fingerprint density at radius 1 is 1.18 bits per heavy atom. The Morgan fingerprint density at radius 3 is 2.82 bits per heavy atom. The number of nitrogens with one attached hydrogen (secondary N) is 1. The van der Waals surface area contributed by atoms with E-state index in [9.17, 15) is 0 Å². The molecule has 0 amide bonds. The molecule has 1 aromatic heterocycles. The average molecular weight is 298 g/mol. The van der Waals surface area contributed by atoms with E-state index in [4.69, 9.17) is 4.74 Å². The number of benzene rings is 1. The van der Waals surface area contributed by atoms with Crippen LogP contribution in [0, 0.1) is 6.92 Å². The van der Waals surface area contributed by atoms with Gasteiger partial charge in [-0.25, -0.2) is 9.97 Å². The molecule has 1 fully saturated rings. The van der Waals surface area contributed by atoms with Crippen molar-refractivity contribution in [3.63, 3.8) is 0 Å². The second-order valence-corrected chi connectivity index (χ2v) is 5.48. The minimum absolute atomic E-state index is 0.838. The third kappa shape index (κ3) is 3.81. The number of nitrogens with zero attached hydrogens (tertiary/aromatic N) is 3. The molecule has 0 unspecified atom stereocenters. The van der Waals surface area contributed by atoms with Gasteiger partial charge in [0, 0.05) is 37.8 Å². The highest BCUT2D eigenvalue weighted by Crippen LogP contribution is 2.22.